The van der Waals surface area contributed by atoms with Gasteiger partial charge in [-0.05, 0) is 43.8 Å². The maximum atomic E-state index is 13.1. The molecular formula is C22H25FN4O3S. The third kappa shape index (κ3) is 5.10. The Balaban J connectivity index is 1.59. The number of hydrogen-bond donors (Lipinski definition) is 0. The molecule has 0 N–H and O–H groups in total. The first-order valence-corrected chi connectivity index (χ1v) is 11.4. The van der Waals surface area contributed by atoms with E-state index in [0.717, 1.165) is 5.56 Å². The molecule has 0 aromatic heterocycles. The summed E-state index contributed by atoms with van der Waals surface area (Å²) < 4.78 is 40.3. The molecule has 1 amide bonds. The minimum atomic E-state index is -3.80. The number of carbonyl (C=O) groups excluding carboxylic acids is 1. The van der Waals surface area contributed by atoms with Crippen LogP contribution in [0.3, 0.4) is 0 Å². The predicted octanol–water partition coefficient (Wildman–Crippen LogP) is 2.22. The average molecular weight is 445 g/mol. The fraction of sp³-hybridized carbons (Fsp3) is 0.364. The van der Waals surface area contributed by atoms with Gasteiger partial charge in [0, 0.05) is 32.2 Å². The standard InChI is InChI=1S/C22H25FN4O3S/c1-17(18-7-9-20(23)10-8-18)25(2)16-22(28)26-11-13-27(14-12-26)31(29,30)21-6-4-3-5-19(21)15-24/h3-10,17H,11-14,16H2,1-2H3. The lowest BCUT2D eigenvalue weighted by atomic mass is 10.1. The van der Waals surface area contributed by atoms with Crippen molar-refractivity contribution in [3.05, 3.63) is 65.5 Å². The summed E-state index contributed by atoms with van der Waals surface area (Å²) in [5.41, 5.74) is 1.01. The first-order chi connectivity index (χ1) is 14.7. The van der Waals surface area contributed by atoms with E-state index in [0.29, 0.717) is 0 Å². The molecule has 2 aromatic rings. The molecule has 1 heterocycles. The van der Waals surface area contributed by atoms with Gasteiger partial charge in [0.05, 0.1) is 17.0 Å². The second kappa shape index (κ2) is 9.56. The van der Waals surface area contributed by atoms with Crippen molar-refractivity contribution >= 4 is 15.9 Å². The summed E-state index contributed by atoms with van der Waals surface area (Å²) >= 11 is 0. The number of benzene rings is 2. The van der Waals surface area contributed by atoms with Gasteiger partial charge in [0.1, 0.15) is 11.9 Å². The number of nitrogens with zero attached hydrogens (tertiary/aromatic N) is 4. The van der Waals surface area contributed by atoms with Crippen LogP contribution in [-0.2, 0) is 14.8 Å². The summed E-state index contributed by atoms with van der Waals surface area (Å²) in [5, 5.41) is 9.21. The van der Waals surface area contributed by atoms with E-state index in [2.05, 4.69) is 0 Å². The van der Waals surface area contributed by atoms with Crippen LogP contribution in [0, 0.1) is 17.1 Å². The van der Waals surface area contributed by atoms with E-state index >= 15 is 0 Å². The van der Waals surface area contributed by atoms with Gasteiger partial charge in [-0.25, -0.2) is 12.8 Å². The van der Waals surface area contributed by atoms with Crippen LogP contribution in [0.2, 0.25) is 0 Å². The Morgan fingerprint density at radius 2 is 1.74 bits per heavy atom. The van der Waals surface area contributed by atoms with Crippen molar-refractivity contribution in [1.29, 1.82) is 5.26 Å². The lowest BCUT2D eigenvalue weighted by molar-refractivity contribution is -0.133. The summed E-state index contributed by atoms with van der Waals surface area (Å²) in [6.45, 7) is 3.02. The second-order valence-corrected chi connectivity index (χ2v) is 9.44. The van der Waals surface area contributed by atoms with Crippen molar-refractivity contribution in [1.82, 2.24) is 14.1 Å². The number of amides is 1. The Kier molecular flexibility index (Phi) is 7.05. The minimum Gasteiger partial charge on any atom is -0.339 e. The zero-order valence-electron chi connectivity index (χ0n) is 17.5. The molecule has 1 atom stereocenters. The van der Waals surface area contributed by atoms with Crippen LogP contribution >= 0.6 is 0 Å². The number of halogens is 1. The Hall–Kier alpha value is -2.80. The summed E-state index contributed by atoms with van der Waals surface area (Å²) in [6, 6.07) is 14.1. The van der Waals surface area contributed by atoms with E-state index in [-0.39, 0.29) is 60.9 Å². The molecule has 1 aliphatic heterocycles. The smallest absolute Gasteiger partial charge is 0.244 e. The van der Waals surface area contributed by atoms with Crippen molar-refractivity contribution in [2.24, 2.45) is 0 Å². The van der Waals surface area contributed by atoms with Crippen molar-refractivity contribution in [3.63, 3.8) is 0 Å². The van der Waals surface area contributed by atoms with Gasteiger partial charge in [-0.2, -0.15) is 9.57 Å². The molecule has 0 aliphatic carbocycles. The number of rotatable bonds is 6. The Labute approximate surface area is 182 Å². The van der Waals surface area contributed by atoms with Crippen LogP contribution in [-0.4, -0.2) is 68.2 Å². The number of hydrogen-bond acceptors (Lipinski definition) is 5. The molecule has 0 radical (unpaired) electrons. The van der Waals surface area contributed by atoms with Gasteiger partial charge < -0.3 is 4.90 Å². The monoisotopic (exact) mass is 444 g/mol. The SMILES string of the molecule is CC(c1ccc(F)cc1)N(C)CC(=O)N1CCN(S(=O)(=O)c2ccccc2C#N)CC1. The van der Waals surface area contributed by atoms with Crippen LogP contribution in [0.1, 0.15) is 24.1 Å². The molecular weight excluding hydrogens is 419 g/mol. The molecule has 0 spiro atoms. The van der Waals surface area contributed by atoms with Crippen molar-refractivity contribution < 1.29 is 17.6 Å². The van der Waals surface area contributed by atoms with Crippen LogP contribution in [0.15, 0.2) is 53.4 Å². The predicted molar refractivity (Wildman–Crippen MR) is 114 cm³/mol. The van der Waals surface area contributed by atoms with Gasteiger partial charge in [-0.1, -0.05) is 24.3 Å². The molecule has 1 aliphatic rings. The zero-order chi connectivity index (χ0) is 22.6. The minimum absolute atomic E-state index is 0.00914. The van der Waals surface area contributed by atoms with E-state index < -0.39 is 10.0 Å². The van der Waals surface area contributed by atoms with E-state index in [1.165, 1.54) is 28.6 Å². The maximum absolute atomic E-state index is 13.1. The third-order valence-corrected chi connectivity index (χ3v) is 7.57. The molecule has 2 aromatic carbocycles. The number of carbonyl (C=O) groups is 1. The molecule has 1 unspecified atom stereocenters. The Bertz CT molecular complexity index is 1070. The first-order valence-electron chi connectivity index (χ1n) is 9.97. The molecule has 1 fully saturated rings. The summed E-state index contributed by atoms with van der Waals surface area (Å²) in [4.78, 5) is 16.3. The quantitative estimate of drug-likeness (QED) is 0.682. The van der Waals surface area contributed by atoms with Gasteiger partial charge in [-0.15, -0.1) is 0 Å². The highest BCUT2D eigenvalue weighted by atomic mass is 32.2. The van der Waals surface area contributed by atoms with Crippen molar-refractivity contribution in [2.75, 3.05) is 39.8 Å². The van der Waals surface area contributed by atoms with Gasteiger partial charge in [0.2, 0.25) is 15.9 Å². The third-order valence-electron chi connectivity index (χ3n) is 5.61. The highest BCUT2D eigenvalue weighted by molar-refractivity contribution is 7.89. The lowest BCUT2D eigenvalue weighted by Gasteiger charge is -2.35. The highest BCUT2D eigenvalue weighted by Gasteiger charge is 2.32. The van der Waals surface area contributed by atoms with E-state index in [1.807, 2.05) is 24.9 Å². The summed E-state index contributed by atoms with van der Waals surface area (Å²) in [6.07, 6.45) is 0. The lowest BCUT2D eigenvalue weighted by Crippen LogP contribution is -2.52. The molecule has 0 saturated carbocycles. The zero-order valence-corrected chi connectivity index (χ0v) is 18.3. The highest BCUT2D eigenvalue weighted by Crippen LogP contribution is 2.22. The van der Waals surface area contributed by atoms with Gasteiger partial charge >= 0.3 is 0 Å². The summed E-state index contributed by atoms with van der Waals surface area (Å²) in [7, 11) is -1.97. The Morgan fingerprint density at radius 3 is 2.35 bits per heavy atom. The van der Waals surface area contributed by atoms with Crippen molar-refractivity contribution in [3.8, 4) is 6.07 Å². The number of nitriles is 1. The second-order valence-electron chi connectivity index (χ2n) is 7.54. The summed E-state index contributed by atoms with van der Waals surface area (Å²) in [5.74, 6) is -0.397. The van der Waals surface area contributed by atoms with E-state index in [9.17, 15) is 22.9 Å². The molecule has 7 nitrogen and oxygen atoms in total. The number of piperazine rings is 1. The molecule has 3 rings (SSSR count). The van der Waals surface area contributed by atoms with Crippen LogP contribution in [0.25, 0.3) is 0 Å². The van der Waals surface area contributed by atoms with Crippen LogP contribution in [0.5, 0.6) is 0 Å². The molecule has 9 heteroatoms. The normalized spacial score (nSPS) is 16.2. The van der Waals surface area contributed by atoms with Gasteiger partial charge in [0.15, 0.2) is 0 Å². The molecule has 0 bridgehead atoms. The first kappa shape index (κ1) is 22.9. The molecule has 31 heavy (non-hydrogen) atoms. The molecule has 164 valence electrons. The maximum Gasteiger partial charge on any atom is 0.244 e. The van der Waals surface area contributed by atoms with E-state index in [1.54, 1.807) is 29.2 Å². The fourth-order valence-corrected chi connectivity index (χ4v) is 5.11. The van der Waals surface area contributed by atoms with Crippen LogP contribution in [0.4, 0.5) is 4.39 Å². The largest absolute Gasteiger partial charge is 0.339 e. The Morgan fingerprint density at radius 1 is 1.13 bits per heavy atom. The average Bonchev–Trinajstić information content (AvgIpc) is 2.79. The fourth-order valence-electron chi connectivity index (χ4n) is 3.55. The van der Waals surface area contributed by atoms with Crippen molar-refractivity contribution in [2.45, 2.75) is 17.9 Å². The topological polar surface area (TPSA) is 84.7 Å². The van der Waals surface area contributed by atoms with Crippen LogP contribution < -0.4 is 0 Å². The molecule has 1 saturated heterocycles. The van der Waals surface area contributed by atoms with Gasteiger partial charge in [-0.3, -0.25) is 9.69 Å². The van der Waals surface area contributed by atoms with Gasteiger partial charge in [0.25, 0.3) is 0 Å². The number of likely N-dealkylation sites (N-methyl/N-ethyl adjacent to an activating group) is 1. The number of sulfonamides is 1. The van der Waals surface area contributed by atoms with E-state index in [4.69, 9.17) is 0 Å².